The topological polar surface area (TPSA) is 84.5 Å². The number of amides is 1. The summed E-state index contributed by atoms with van der Waals surface area (Å²) in [5, 5.41) is 2.75. The third-order valence-corrected chi connectivity index (χ3v) is 4.64. The van der Waals surface area contributed by atoms with Crippen LogP contribution in [0.1, 0.15) is 43.5 Å². The summed E-state index contributed by atoms with van der Waals surface area (Å²) in [6, 6.07) is 6.05. The van der Waals surface area contributed by atoms with Crippen molar-refractivity contribution in [3.05, 3.63) is 29.8 Å². The molecule has 0 aliphatic carbocycles. The number of sulfonamides is 1. The van der Waals surface area contributed by atoms with Gasteiger partial charge in [0.1, 0.15) is 0 Å². The van der Waals surface area contributed by atoms with Crippen LogP contribution in [-0.2, 0) is 14.8 Å². The molecule has 0 aliphatic rings. The molecule has 0 heterocycles. The maximum atomic E-state index is 12.2. The molecule has 0 aliphatic heterocycles. The van der Waals surface area contributed by atoms with Crippen LogP contribution in [0, 0.1) is 0 Å². The average molecular weight is 342 g/mol. The molecular formula is C16H26N2O4S. The van der Waals surface area contributed by atoms with Gasteiger partial charge in [0.05, 0.1) is 4.90 Å². The highest BCUT2D eigenvalue weighted by atomic mass is 32.2. The number of carbonyl (C=O) groups excluding carboxylic acids is 1. The zero-order valence-electron chi connectivity index (χ0n) is 13.8. The van der Waals surface area contributed by atoms with Gasteiger partial charge in [0.25, 0.3) is 5.91 Å². The third kappa shape index (κ3) is 7.11. The SMILES string of the molecule is CCCCNS(=O)(=O)c1cccc(C(=O)NCCCOCC)c1. The predicted molar refractivity (Wildman–Crippen MR) is 90.0 cm³/mol. The summed E-state index contributed by atoms with van der Waals surface area (Å²) in [6.07, 6.45) is 2.40. The van der Waals surface area contributed by atoms with Crippen molar-refractivity contribution < 1.29 is 17.9 Å². The molecule has 1 amide bonds. The van der Waals surface area contributed by atoms with E-state index in [4.69, 9.17) is 4.74 Å². The number of nitrogens with one attached hydrogen (secondary N) is 2. The molecule has 0 atom stereocenters. The van der Waals surface area contributed by atoms with Gasteiger partial charge >= 0.3 is 0 Å². The summed E-state index contributed by atoms with van der Waals surface area (Å²) >= 11 is 0. The van der Waals surface area contributed by atoms with Crippen LogP contribution in [-0.4, -0.2) is 40.6 Å². The van der Waals surface area contributed by atoms with Crippen LogP contribution in [0.2, 0.25) is 0 Å². The predicted octanol–water partition coefficient (Wildman–Crippen LogP) is 1.92. The van der Waals surface area contributed by atoms with Gasteiger partial charge in [0.2, 0.25) is 10.0 Å². The molecule has 0 saturated carbocycles. The van der Waals surface area contributed by atoms with Crippen molar-refractivity contribution in [2.24, 2.45) is 0 Å². The van der Waals surface area contributed by atoms with E-state index in [-0.39, 0.29) is 10.8 Å². The zero-order valence-corrected chi connectivity index (χ0v) is 14.6. The first kappa shape index (κ1) is 19.6. The van der Waals surface area contributed by atoms with Crippen molar-refractivity contribution in [2.45, 2.75) is 38.0 Å². The van der Waals surface area contributed by atoms with E-state index < -0.39 is 10.0 Å². The van der Waals surface area contributed by atoms with Gasteiger partial charge in [-0.25, -0.2) is 13.1 Å². The molecule has 1 aromatic carbocycles. The highest BCUT2D eigenvalue weighted by Gasteiger charge is 2.15. The molecule has 0 aromatic heterocycles. The fourth-order valence-electron chi connectivity index (χ4n) is 1.89. The number of hydrogen-bond acceptors (Lipinski definition) is 4. The second kappa shape index (κ2) is 10.4. The molecular weight excluding hydrogens is 316 g/mol. The van der Waals surface area contributed by atoms with Gasteiger partial charge < -0.3 is 10.1 Å². The lowest BCUT2D eigenvalue weighted by molar-refractivity contribution is 0.0944. The van der Waals surface area contributed by atoms with Crippen LogP contribution >= 0.6 is 0 Å². The molecule has 2 N–H and O–H groups in total. The van der Waals surface area contributed by atoms with Gasteiger partial charge in [-0.15, -0.1) is 0 Å². The van der Waals surface area contributed by atoms with Crippen molar-refractivity contribution in [3.63, 3.8) is 0 Å². The Balaban J connectivity index is 2.63. The van der Waals surface area contributed by atoms with Crippen molar-refractivity contribution >= 4 is 15.9 Å². The normalized spacial score (nSPS) is 11.4. The van der Waals surface area contributed by atoms with Gasteiger partial charge in [-0.05, 0) is 38.0 Å². The van der Waals surface area contributed by atoms with Gasteiger partial charge in [-0.3, -0.25) is 4.79 Å². The van der Waals surface area contributed by atoms with Crippen molar-refractivity contribution in [1.29, 1.82) is 0 Å². The molecule has 0 fully saturated rings. The summed E-state index contributed by atoms with van der Waals surface area (Å²) in [5.41, 5.74) is 0.333. The van der Waals surface area contributed by atoms with Crippen LogP contribution in [0.3, 0.4) is 0 Å². The number of ether oxygens (including phenoxy) is 1. The van der Waals surface area contributed by atoms with E-state index in [1.54, 1.807) is 12.1 Å². The number of carbonyl (C=O) groups is 1. The number of benzene rings is 1. The van der Waals surface area contributed by atoms with Crippen molar-refractivity contribution in [3.8, 4) is 0 Å². The van der Waals surface area contributed by atoms with Gasteiger partial charge in [0.15, 0.2) is 0 Å². The smallest absolute Gasteiger partial charge is 0.251 e. The van der Waals surface area contributed by atoms with Crippen molar-refractivity contribution in [2.75, 3.05) is 26.3 Å². The zero-order chi connectivity index (χ0) is 17.1. The Morgan fingerprint density at radius 2 is 1.96 bits per heavy atom. The lowest BCUT2D eigenvalue weighted by atomic mass is 10.2. The summed E-state index contributed by atoms with van der Waals surface area (Å²) in [6.45, 7) is 6.03. The van der Waals surface area contributed by atoms with Crippen LogP contribution < -0.4 is 10.0 Å². The quantitative estimate of drug-likeness (QED) is 0.602. The fourth-order valence-corrected chi connectivity index (χ4v) is 3.01. The van der Waals surface area contributed by atoms with Crippen LogP contribution in [0.5, 0.6) is 0 Å². The molecule has 23 heavy (non-hydrogen) atoms. The lowest BCUT2D eigenvalue weighted by Crippen LogP contribution is -2.27. The van der Waals surface area contributed by atoms with E-state index in [2.05, 4.69) is 10.0 Å². The fraction of sp³-hybridized carbons (Fsp3) is 0.562. The number of hydrogen-bond donors (Lipinski definition) is 2. The average Bonchev–Trinajstić information content (AvgIpc) is 2.55. The Labute approximate surface area is 138 Å². The molecule has 1 aromatic rings. The molecule has 130 valence electrons. The largest absolute Gasteiger partial charge is 0.382 e. The Bertz CT molecular complexity index is 587. The summed E-state index contributed by atoms with van der Waals surface area (Å²) in [7, 11) is -3.57. The minimum Gasteiger partial charge on any atom is -0.382 e. The minimum absolute atomic E-state index is 0.107. The van der Waals surface area contributed by atoms with Crippen molar-refractivity contribution in [1.82, 2.24) is 10.0 Å². The van der Waals surface area contributed by atoms with Gasteiger partial charge in [-0.1, -0.05) is 19.4 Å². The van der Waals surface area contributed by atoms with E-state index in [1.807, 2.05) is 13.8 Å². The maximum absolute atomic E-state index is 12.2. The first-order valence-corrected chi connectivity index (χ1v) is 9.45. The number of unbranched alkanes of at least 4 members (excludes halogenated alkanes) is 1. The Kier molecular flexibility index (Phi) is 8.83. The van der Waals surface area contributed by atoms with Gasteiger partial charge in [-0.2, -0.15) is 0 Å². The monoisotopic (exact) mass is 342 g/mol. The molecule has 1 rings (SSSR count). The molecule has 0 radical (unpaired) electrons. The Morgan fingerprint density at radius 3 is 2.65 bits per heavy atom. The highest BCUT2D eigenvalue weighted by molar-refractivity contribution is 7.89. The minimum atomic E-state index is -3.57. The third-order valence-electron chi connectivity index (χ3n) is 3.18. The second-order valence-corrected chi connectivity index (χ2v) is 6.85. The van der Waals surface area contributed by atoms with E-state index in [0.29, 0.717) is 31.9 Å². The summed E-state index contributed by atoms with van der Waals surface area (Å²) in [4.78, 5) is 12.2. The maximum Gasteiger partial charge on any atom is 0.251 e. The molecule has 0 unspecified atom stereocenters. The number of rotatable bonds is 11. The second-order valence-electron chi connectivity index (χ2n) is 5.09. The van der Waals surface area contributed by atoms with Crippen LogP contribution in [0.4, 0.5) is 0 Å². The molecule has 6 nitrogen and oxygen atoms in total. The molecule has 0 bridgehead atoms. The first-order valence-electron chi connectivity index (χ1n) is 7.97. The molecule has 0 saturated heterocycles. The van der Waals surface area contributed by atoms with E-state index in [0.717, 1.165) is 19.3 Å². The molecule has 7 heteroatoms. The highest BCUT2D eigenvalue weighted by Crippen LogP contribution is 2.11. The summed E-state index contributed by atoms with van der Waals surface area (Å²) < 4.78 is 32.0. The molecule has 0 spiro atoms. The van der Waals surface area contributed by atoms with Crippen LogP contribution in [0.15, 0.2) is 29.2 Å². The Hall–Kier alpha value is -1.44. The van der Waals surface area contributed by atoms with E-state index in [9.17, 15) is 13.2 Å². The Morgan fingerprint density at radius 1 is 1.17 bits per heavy atom. The lowest BCUT2D eigenvalue weighted by Gasteiger charge is -2.09. The van der Waals surface area contributed by atoms with Gasteiger partial charge in [0, 0.05) is 31.9 Å². The first-order chi connectivity index (χ1) is 11.0. The van der Waals surface area contributed by atoms with E-state index in [1.165, 1.54) is 12.1 Å². The van der Waals surface area contributed by atoms with E-state index >= 15 is 0 Å². The van der Waals surface area contributed by atoms with Crippen LogP contribution in [0.25, 0.3) is 0 Å². The summed E-state index contributed by atoms with van der Waals surface area (Å²) in [5.74, 6) is -0.285. The standard InChI is InChI=1S/C16H26N2O4S/c1-3-5-11-18-23(20,21)15-9-6-8-14(13-15)16(19)17-10-7-12-22-4-2/h6,8-9,13,18H,3-5,7,10-12H2,1-2H3,(H,17,19).